The molecule has 3 nitrogen and oxygen atoms in total. The SMILES string of the molecule is CCCCCC1C(=O)CCC1CCOCOCC. The van der Waals surface area contributed by atoms with Crippen LogP contribution < -0.4 is 0 Å². The zero-order chi connectivity index (χ0) is 13.2. The highest BCUT2D eigenvalue weighted by Crippen LogP contribution is 2.34. The molecule has 0 amide bonds. The molecule has 3 heteroatoms. The van der Waals surface area contributed by atoms with Gasteiger partial charge < -0.3 is 9.47 Å². The second-order valence-electron chi connectivity index (χ2n) is 5.17. The molecule has 0 spiro atoms. The first kappa shape index (κ1) is 15.6. The molecule has 0 heterocycles. The molecule has 1 aliphatic rings. The molecule has 0 bridgehead atoms. The lowest BCUT2D eigenvalue weighted by Crippen LogP contribution is -2.17. The van der Waals surface area contributed by atoms with Crippen molar-refractivity contribution >= 4 is 5.78 Å². The minimum absolute atomic E-state index is 0.312. The number of hydrogen-bond donors (Lipinski definition) is 0. The lowest BCUT2D eigenvalue weighted by molar-refractivity contribution is -0.121. The topological polar surface area (TPSA) is 35.5 Å². The van der Waals surface area contributed by atoms with Crippen LogP contribution in [0.2, 0.25) is 0 Å². The van der Waals surface area contributed by atoms with E-state index < -0.39 is 0 Å². The molecule has 0 radical (unpaired) electrons. The highest BCUT2D eigenvalue weighted by Gasteiger charge is 2.33. The van der Waals surface area contributed by atoms with Crippen LogP contribution in [0.3, 0.4) is 0 Å². The lowest BCUT2D eigenvalue weighted by Gasteiger charge is -2.18. The van der Waals surface area contributed by atoms with Crippen LogP contribution in [0, 0.1) is 11.8 Å². The molecule has 2 atom stereocenters. The van der Waals surface area contributed by atoms with Crippen molar-refractivity contribution in [1.82, 2.24) is 0 Å². The van der Waals surface area contributed by atoms with Gasteiger partial charge in [0.1, 0.15) is 12.6 Å². The summed E-state index contributed by atoms with van der Waals surface area (Å²) in [5, 5.41) is 0. The van der Waals surface area contributed by atoms with E-state index in [-0.39, 0.29) is 0 Å². The van der Waals surface area contributed by atoms with E-state index in [4.69, 9.17) is 9.47 Å². The van der Waals surface area contributed by atoms with Gasteiger partial charge >= 0.3 is 0 Å². The lowest BCUT2D eigenvalue weighted by atomic mass is 9.88. The largest absolute Gasteiger partial charge is 0.356 e. The average molecular weight is 256 g/mol. The van der Waals surface area contributed by atoms with Crippen molar-refractivity contribution in [3.63, 3.8) is 0 Å². The Hall–Kier alpha value is -0.410. The summed E-state index contributed by atoms with van der Waals surface area (Å²) >= 11 is 0. The van der Waals surface area contributed by atoms with E-state index in [2.05, 4.69) is 6.92 Å². The summed E-state index contributed by atoms with van der Waals surface area (Å²) in [5.41, 5.74) is 0. The molecule has 1 saturated carbocycles. The normalized spacial score (nSPS) is 23.8. The summed E-state index contributed by atoms with van der Waals surface area (Å²) in [4.78, 5) is 11.8. The molecule has 1 aliphatic carbocycles. The Balaban J connectivity index is 2.19. The third-order valence-corrected chi connectivity index (χ3v) is 3.87. The van der Waals surface area contributed by atoms with Gasteiger partial charge in [-0.1, -0.05) is 26.2 Å². The van der Waals surface area contributed by atoms with E-state index in [0.29, 0.717) is 31.0 Å². The maximum atomic E-state index is 11.8. The monoisotopic (exact) mass is 256 g/mol. The van der Waals surface area contributed by atoms with Crippen LogP contribution in [0.5, 0.6) is 0 Å². The van der Waals surface area contributed by atoms with Crippen molar-refractivity contribution in [2.24, 2.45) is 11.8 Å². The van der Waals surface area contributed by atoms with Gasteiger partial charge in [-0.15, -0.1) is 0 Å². The second-order valence-corrected chi connectivity index (χ2v) is 5.17. The van der Waals surface area contributed by atoms with E-state index in [1.165, 1.54) is 19.3 Å². The Kier molecular flexibility index (Phi) is 8.27. The Bertz CT molecular complexity index is 228. The molecule has 0 aromatic carbocycles. The first-order valence-electron chi connectivity index (χ1n) is 7.47. The van der Waals surface area contributed by atoms with Gasteiger partial charge in [0.05, 0.1) is 0 Å². The molecule has 0 aromatic heterocycles. The molecule has 0 saturated heterocycles. The number of carbonyl (C=O) groups excluding carboxylic acids is 1. The zero-order valence-corrected chi connectivity index (χ0v) is 12.0. The molecule has 0 aromatic rings. The molecule has 106 valence electrons. The molecule has 18 heavy (non-hydrogen) atoms. The van der Waals surface area contributed by atoms with Crippen LogP contribution in [0.1, 0.15) is 58.8 Å². The van der Waals surface area contributed by atoms with E-state index >= 15 is 0 Å². The number of carbonyl (C=O) groups is 1. The highest BCUT2D eigenvalue weighted by atomic mass is 16.7. The summed E-state index contributed by atoms with van der Waals surface area (Å²) in [6, 6.07) is 0. The van der Waals surface area contributed by atoms with E-state index in [9.17, 15) is 4.79 Å². The van der Waals surface area contributed by atoms with Gasteiger partial charge in [0.2, 0.25) is 0 Å². The molecule has 0 aliphatic heterocycles. The van der Waals surface area contributed by atoms with Crippen molar-refractivity contribution in [1.29, 1.82) is 0 Å². The van der Waals surface area contributed by atoms with E-state index in [1.807, 2.05) is 6.92 Å². The summed E-state index contributed by atoms with van der Waals surface area (Å²) in [7, 11) is 0. The number of ether oxygens (including phenoxy) is 2. The van der Waals surface area contributed by atoms with Crippen molar-refractivity contribution < 1.29 is 14.3 Å². The van der Waals surface area contributed by atoms with Crippen molar-refractivity contribution in [2.75, 3.05) is 20.0 Å². The van der Waals surface area contributed by atoms with Gasteiger partial charge in [-0.05, 0) is 32.1 Å². The Morgan fingerprint density at radius 3 is 2.72 bits per heavy atom. The highest BCUT2D eigenvalue weighted by molar-refractivity contribution is 5.83. The predicted octanol–water partition coefficient (Wildman–Crippen LogP) is 3.56. The van der Waals surface area contributed by atoms with Crippen LogP contribution in [0.25, 0.3) is 0 Å². The number of Topliss-reactive ketones (excluding diaryl/α,β-unsaturated/α-hetero) is 1. The Labute approximate surface area is 111 Å². The number of ketones is 1. The summed E-state index contributed by atoms with van der Waals surface area (Å²) < 4.78 is 10.5. The molecular weight excluding hydrogens is 228 g/mol. The predicted molar refractivity (Wildman–Crippen MR) is 72.4 cm³/mol. The number of rotatable bonds is 10. The van der Waals surface area contributed by atoms with Gasteiger partial charge in [-0.2, -0.15) is 0 Å². The van der Waals surface area contributed by atoms with Crippen LogP contribution in [0.15, 0.2) is 0 Å². The summed E-state index contributed by atoms with van der Waals surface area (Å²) in [5.74, 6) is 1.35. The minimum atomic E-state index is 0.312. The van der Waals surface area contributed by atoms with Crippen molar-refractivity contribution in [2.45, 2.75) is 58.8 Å². The third-order valence-electron chi connectivity index (χ3n) is 3.87. The first-order valence-corrected chi connectivity index (χ1v) is 7.47. The van der Waals surface area contributed by atoms with Crippen LogP contribution in [0.4, 0.5) is 0 Å². The number of hydrogen-bond acceptors (Lipinski definition) is 3. The molecular formula is C15H28O3. The molecule has 1 rings (SSSR count). The van der Waals surface area contributed by atoms with Crippen LogP contribution in [-0.2, 0) is 14.3 Å². The summed E-state index contributed by atoms with van der Waals surface area (Å²) in [6.45, 7) is 5.97. The average Bonchev–Trinajstić information content (AvgIpc) is 2.71. The fraction of sp³-hybridized carbons (Fsp3) is 0.933. The van der Waals surface area contributed by atoms with Crippen molar-refractivity contribution in [3.05, 3.63) is 0 Å². The molecule has 0 N–H and O–H groups in total. The van der Waals surface area contributed by atoms with Crippen LogP contribution in [-0.4, -0.2) is 25.8 Å². The van der Waals surface area contributed by atoms with Gasteiger partial charge in [0, 0.05) is 25.6 Å². The molecule has 1 fully saturated rings. The second kappa shape index (κ2) is 9.51. The van der Waals surface area contributed by atoms with E-state index in [1.54, 1.807) is 0 Å². The van der Waals surface area contributed by atoms with Gasteiger partial charge in [0.15, 0.2) is 0 Å². The standard InChI is InChI=1S/C15H28O3/c1-3-5-6-7-14-13(8-9-15(14)16)10-11-18-12-17-4-2/h13-14H,3-12H2,1-2H3. The van der Waals surface area contributed by atoms with Crippen molar-refractivity contribution in [3.8, 4) is 0 Å². The fourth-order valence-electron chi connectivity index (χ4n) is 2.77. The van der Waals surface area contributed by atoms with Gasteiger partial charge in [0.25, 0.3) is 0 Å². The minimum Gasteiger partial charge on any atom is -0.356 e. The van der Waals surface area contributed by atoms with Gasteiger partial charge in [-0.3, -0.25) is 4.79 Å². The van der Waals surface area contributed by atoms with Gasteiger partial charge in [-0.25, -0.2) is 0 Å². The Morgan fingerprint density at radius 2 is 2.00 bits per heavy atom. The quantitative estimate of drug-likeness (QED) is 0.443. The first-order chi connectivity index (χ1) is 8.79. The number of unbranched alkanes of at least 4 members (excludes halogenated alkanes) is 2. The maximum Gasteiger partial charge on any atom is 0.146 e. The Morgan fingerprint density at radius 1 is 1.17 bits per heavy atom. The maximum absolute atomic E-state index is 11.8. The van der Waals surface area contributed by atoms with E-state index in [0.717, 1.165) is 32.3 Å². The summed E-state index contributed by atoms with van der Waals surface area (Å²) in [6.07, 6.45) is 7.61. The fourth-order valence-corrected chi connectivity index (χ4v) is 2.77. The third kappa shape index (κ3) is 5.49. The van der Waals surface area contributed by atoms with Crippen LogP contribution >= 0.6 is 0 Å². The zero-order valence-electron chi connectivity index (χ0n) is 12.0. The molecule has 2 unspecified atom stereocenters. The smallest absolute Gasteiger partial charge is 0.146 e.